The Labute approximate surface area is 135 Å². The highest BCUT2D eigenvalue weighted by Crippen LogP contribution is 2.33. The topological polar surface area (TPSA) is 87.5 Å². The van der Waals surface area contributed by atoms with Crippen molar-refractivity contribution in [2.24, 2.45) is 5.92 Å². The van der Waals surface area contributed by atoms with Gasteiger partial charge in [-0.1, -0.05) is 0 Å². The van der Waals surface area contributed by atoms with Crippen molar-refractivity contribution in [2.45, 2.75) is 50.7 Å². The molecule has 2 saturated carbocycles. The monoisotopic (exact) mass is 320 g/mol. The molecular formula is C16H24N4O3. The number of nitrogens with zero attached hydrogens (tertiary/aromatic N) is 3. The maximum Gasteiger partial charge on any atom is 0.317 e. The number of aliphatic carboxylic acids is 1. The number of carboxylic acid groups (broad SMARTS) is 1. The first kappa shape index (κ1) is 16.0. The van der Waals surface area contributed by atoms with E-state index < -0.39 is 5.97 Å². The van der Waals surface area contributed by atoms with Crippen LogP contribution < -0.4 is 5.32 Å². The third-order valence-corrected chi connectivity index (χ3v) is 4.81. The average Bonchev–Trinajstić information content (AvgIpc) is 3.10. The van der Waals surface area contributed by atoms with Gasteiger partial charge in [-0.05, 0) is 44.6 Å². The number of rotatable bonds is 8. The molecule has 1 aromatic heterocycles. The molecule has 2 fully saturated rings. The van der Waals surface area contributed by atoms with Gasteiger partial charge in [0.2, 0.25) is 5.91 Å². The van der Waals surface area contributed by atoms with Gasteiger partial charge >= 0.3 is 5.97 Å². The van der Waals surface area contributed by atoms with E-state index in [2.05, 4.69) is 15.3 Å². The number of carboxylic acids is 1. The SMILES string of the molecule is CC(C(=O)NC1CC(N(CC(=O)O)CC2CC2)C1)n1cccn1. The van der Waals surface area contributed by atoms with Crippen LogP contribution in [-0.2, 0) is 9.59 Å². The van der Waals surface area contributed by atoms with Crippen molar-refractivity contribution in [3.63, 3.8) is 0 Å². The van der Waals surface area contributed by atoms with E-state index >= 15 is 0 Å². The van der Waals surface area contributed by atoms with Gasteiger partial charge < -0.3 is 10.4 Å². The third-order valence-electron chi connectivity index (χ3n) is 4.81. The average molecular weight is 320 g/mol. The molecule has 0 saturated heterocycles. The Kier molecular flexibility index (Phi) is 4.66. The summed E-state index contributed by atoms with van der Waals surface area (Å²) >= 11 is 0. The van der Waals surface area contributed by atoms with E-state index in [1.54, 1.807) is 23.1 Å². The highest BCUT2D eigenvalue weighted by Gasteiger charge is 2.38. The Bertz CT molecular complexity index is 550. The number of carbonyl (C=O) groups is 2. The molecule has 1 aromatic rings. The number of hydrogen-bond donors (Lipinski definition) is 2. The van der Waals surface area contributed by atoms with E-state index in [4.69, 9.17) is 5.11 Å². The predicted octanol–water partition coefficient (Wildman–Crippen LogP) is 0.888. The molecule has 1 atom stereocenters. The summed E-state index contributed by atoms with van der Waals surface area (Å²) < 4.78 is 1.63. The number of carbonyl (C=O) groups excluding carboxylic acids is 1. The van der Waals surface area contributed by atoms with Crippen LogP contribution in [0.25, 0.3) is 0 Å². The van der Waals surface area contributed by atoms with Crippen LogP contribution in [0.4, 0.5) is 0 Å². The molecular weight excluding hydrogens is 296 g/mol. The van der Waals surface area contributed by atoms with Gasteiger partial charge in [-0.2, -0.15) is 5.10 Å². The lowest BCUT2D eigenvalue weighted by atomic mass is 9.85. The van der Waals surface area contributed by atoms with E-state index in [1.807, 2.05) is 6.92 Å². The van der Waals surface area contributed by atoms with Gasteiger partial charge in [0.15, 0.2) is 0 Å². The first-order chi connectivity index (χ1) is 11.0. The number of aromatic nitrogens is 2. The zero-order valence-corrected chi connectivity index (χ0v) is 13.4. The minimum Gasteiger partial charge on any atom is -0.480 e. The van der Waals surface area contributed by atoms with Gasteiger partial charge in [0.1, 0.15) is 6.04 Å². The van der Waals surface area contributed by atoms with Crippen molar-refractivity contribution in [1.82, 2.24) is 20.0 Å². The van der Waals surface area contributed by atoms with Crippen molar-refractivity contribution < 1.29 is 14.7 Å². The molecule has 2 aliphatic carbocycles. The second-order valence-corrected chi connectivity index (χ2v) is 6.76. The van der Waals surface area contributed by atoms with Crippen molar-refractivity contribution in [2.75, 3.05) is 13.1 Å². The highest BCUT2D eigenvalue weighted by molar-refractivity contribution is 5.80. The molecule has 0 bridgehead atoms. The standard InChI is InChI=1S/C16H24N4O3/c1-11(20-6-2-5-17-20)16(23)18-13-7-14(8-13)19(10-15(21)22)9-12-3-4-12/h2,5-6,11-14H,3-4,7-10H2,1H3,(H,18,23)(H,21,22). The summed E-state index contributed by atoms with van der Waals surface area (Å²) in [5.41, 5.74) is 0. The maximum atomic E-state index is 12.2. The van der Waals surface area contributed by atoms with E-state index in [9.17, 15) is 9.59 Å². The fourth-order valence-electron chi connectivity index (χ4n) is 3.10. The van der Waals surface area contributed by atoms with Crippen LogP contribution in [0.15, 0.2) is 18.5 Å². The van der Waals surface area contributed by atoms with Gasteiger partial charge in [0, 0.05) is 31.0 Å². The molecule has 1 amide bonds. The zero-order valence-electron chi connectivity index (χ0n) is 13.4. The third kappa shape index (κ3) is 4.10. The molecule has 0 spiro atoms. The van der Waals surface area contributed by atoms with E-state index in [1.165, 1.54) is 12.8 Å². The zero-order chi connectivity index (χ0) is 16.4. The van der Waals surface area contributed by atoms with Crippen LogP contribution in [0, 0.1) is 5.92 Å². The molecule has 0 aliphatic heterocycles. The molecule has 7 nitrogen and oxygen atoms in total. The first-order valence-corrected chi connectivity index (χ1v) is 8.28. The Hall–Kier alpha value is -1.89. The Morgan fingerprint density at radius 2 is 2.17 bits per heavy atom. The highest BCUT2D eigenvalue weighted by atomic mass is 16.4. The van der Waals surface area contributed by atoms with Gasteiger partial charge in [-0.25, -0.2) is 0 Å². The molecule has 2 N–H and O–H groups in total. The Morgan fingerprint density at radius 3 is 2.74 bits per heavy atom. The summed E-state index contributed by atoms with van der Waals surface area (Å²) in [7, 11) is 0. The van der Waals surface area contributed by atoms with Gasteiger partial charge in [0.05, 0.1) is 6.54 Å². The molecule has 23 heavy (non-hydrogen) atoms. The largest absolute Gasteiger partial charge is 0.480 e. The maximum absolute atomic E-state index is 12.2. The van der Waals surface area contributed by atoms with Crippen LogP contribution in [0.3, 0.4) is 0 Å². The van der Waals surface area contributed by atoms with Crippen LogP contribution in [0.5, 0.6) is 0 Å². The number of amides is 1. The number of hydrogen-bond acceptors (Lipinski definition) is 4. The molecule has 0 radical (unpaired) electrons. The lowest BCUT2D eigenvalue weighted by molar-refractivity contribution is -0.140. The quantitative estimate of drug-likeness (QED) is 0.743. The molecule has 0 aromatic carbocycles. The summed E-state index contributed by atoms with van der Waals surface area (Å²) in [5, 5.41) is 16.2. The lowest BCUT2D eigenvalue weighted by Crippen LogP contribution is -2.56. The molecule has 3 rings (SSSR count). The van der Waals surface area contributed by atoms with E-state index in [0.717, 1.165) is 19.4 Å². The molecule has 126 valence electrons. The summed E-state index contributed by atoms with van der Waals surface area (Å²) in [6.45, 7) is 2.80. The number of nitrogens with one attached hydrogen (secondary N) is 1. The van der Waals surface area contributed by atoms with E-state index in [-0.39, 0.29) is 30.6 Å². The Morgan fingerprint density at radius 1 is 1.43 bits per heavy atom. The predicted molar refractivity (Wildman–Crippen MR) is 83.8 cm³/mol. The fraction of sp³-hybridized carbons (Fsp3) is 0.688. The second-order valence-electron chi connectivity index (χ2n) is 6.76. The first-order valence-electron chi connectivity index (χ1n) is 8.28. The van der Waals surface area contributed by atoms with Crippen LogP contribution in [-0.4, -0.2) is 56.8 Å². The molecule has 7 heteroatoms. The van der Waals surface area contributed by atoms with Gasteiger partial charge in [0.25, 0.3) is 0 Å². The van der Waals surface area contributed by atoms with E-state index in [0.29, 0.717) is 5.92 Å². The summed E-state index contributed by atoms with van der Waals surface area (Å²) in [6, 6.07) is 1.88. The molecule has 2 aliphatic rings. The minimum atomic E-state index is -0.773. The normalized spacial score (nSPS) is 25.0. The summed E-state index contributed by atoms with van der Waals surface area (Å²) in [4.78, 5) is 25.3. The lowest BCUT2D eigenvalue weighted by Gasteiger charge is -2.43. The van der Waals surface area contributed by atoms with Crippen LogP contribution in [0.1, 0.15) is 38.6 Å². The van der Waals surface area contributed by atoms with Gasteiger partial charge in [-0.3, -0.25) is 19.2 Å². The summed E-state index contributed by atoms with van der Waals surface area (Å²) in [6.07, 6.45) is 7.52. The summed E-state index contributed by atoms with van der Waals surface area (Å²) in [5.74, 6) is -0.141. The Balaban J connectivity index is 1.45. The van der Waals surface area contributed by atoms with Crippen LogP contribution >= 0.6 is 0 Å². The fourth-order valence-corrected chi connectivity index (χ4v) is 3.10. The van der Waals surface area contributed by atoms with Crippen molar-refractivity contribution in [1.29, 1.82) is 0 Å². The van der Waals surface area contributed by atoms with Crippen molar-refractivity contribution in [3.05, 3.63) is 18.5 Å². The smallest absolute Gasteiger partial charge is 0.317 e. The van der Waals surface area contributed by atoms with Gasteiger partial charge in [-0.15, -0.1) is 0 Å². The minimum absolute atomic E-state index is 0.0378. The molecule has 1 heterocycles. The van der Waals surface area contributed by atoms with Crippen molar-refractivity contribution >= 4 is 11.9 Å². The second kappa shape index (κ2) is 6.70. The van der Waals surface area contributed by atoms with Crippen molar-refractivity contribution in [3.8, 4) is 0 Å². The molecule has 1 unspecified atom stereocenters. The van der Waals surface area contributed by atoms with Crippen LogP contribution in [0.2, 0.25) is 0 Å².